The van der Waals surface area contributed by atoms with Gasteiger partial charge in [-0.25, -0.2) is 4.98 Å². The molecule has 166 valence electrons. The maximum atomic E-state index is 12.7. The number of amides is 1. The van der Waals surface area contributed by atoms with Gasteiger partial charge in [0.15, 0.2) is 11.5 Å². The van der Waals surface area contributed by atoms with Gasteiger partial charge in [-0.1, -0.05) is 12.1 Å². The summed E-state index contributed by atoms with van der Waals surface area (Å²) < 4.78 is 18.1. The van der Waals surface area contributed by atoms with Crippen LogP contribution >= 0.6 is 0 Å². The smallest absolute Gasteiger partial charge is 0.220 e. The molecule has 0 aliphatic carbocycles. The zero-order chi connectivity index (χ0) is 22.9. The zero-order valence-corrected chi connectivity index (χ0v) is 18.4. The van der Waals surface area contributed by atoms with E-state index < -0.39 is 0 Å². The summed E-state index contributed by atoms with van der Waals surface area (Å²) in [6.45, 7) is 0.339. The van der Waals surface area contributed by atoms with Gasteiger partial charge in [0.2, 0.25) is 5.91 Å². The van der Waals surface area contributed by atoms with Gasteiger partial charge in [-0.2, -0.15) is 5.26 Å². The second-order valence-corrected chi connectivity index (χ2v) is 7.10. The number of nitrogens with zero attached hydrogens (tertiary/aromatic N) is 3. The van der Waals surface area contributed by atoms with E-state index in [1.165, 1.54) is 7.11 Å². The summed E-state index contributed by atoms with van der Waals surface area (Å²) in [5.41, 5.74) is 1.40. The Morgan fingerprint density at radius 2 is 1.94 bits per heavy atom. The lowest BCUT2D eigenvalue weighted by molar-refractivity contribution is -0.121. The van der Waals surface area contributed by atoms with Crippen molar-refractivity contribution in [3.05, 3.63) is 71.8 Å². The summed E-state index contributed by atoms with van der Waals surface area (Å²) in [7, 11) is 5.03. The Morgan fingerprint density at radius 3 is 2.56 bits per heavy atom. The first kappa shape index (κ1) is 22.7. The molecular weight excluding hydrogens is 408 g/mol. The normalized spacial score (nSPS) is 11.3. The lowest BCUT2D eigenvalue weighted by atomic mass is 10.1. The van der Waals surface area contributed by atoms with Crippen molar-refractivity contribution in [1.29, 1.82) is 5.26 Å². The number of ether oxygens (including phenoxy) is 3. The monoisotopic (exact) mass is 434 g/mol. The van der Waals surface area contributed by atoms with Crippen LogP contribution in [0.1, 0.15) is 35.8 Å². The van der Waals surface area contributed by atoms with E-state index in [-0.39, 0.29) is 18.4 Å². The second kappa shape index (κ2) is 10.9. The van der Waals surface area contributed by atoms with Gasteiger partial charge in [0.1, 0.15) is 17.6 Å². The number of benzene rings is 2. The van der Waals surface area contributed by atoms with Gasteiger partial charge in [0.25, 0.3) is 0 Å². The first-order chi connectivity index (χ1) is 15.5. The van der Waals surface area contributed by atoms with Crippen LogP contribution in [0.2, 0.25) is 0 Å². The number of carbonyl (C=O) groups is 1. The van der Waals surface area contributed by atoms with E-state index >= 15 is 0 Å². The molecule has 32 heavy (non-hydrogen) atoms. The van der Waals surface area contributed by atoms with Crippen LogP contribution in [-0.2, 0) is 11.8 Å². The summed E-state index contributed by atoms with van der Waals surface area (Å²) in [6, 6.07) is 14.2. The Kier molecular flexibility index (Phi) is 7.70. The maximum absolute atomic E-state index is 12.7. The van der Waals surface area contributed by atoms with E-state index in [9.17, 15) is 4.79 Å². The van der Waals surface area contributed by atoms with Crippen LogP contribution in [0.25, 0.3) is 0 Å². The molecule has 1 N–H and O–H groups in total. The minimum absolute atomic E-state index is 0.107. The van der Waals surface area contributed by atoms with Crippen molar-refractivity contribution in [1.82, 2.24) is 14.9 Å². The number of nitrogens with one attached hydrogen (secondary N) is 1. The van der Waals surface area contributed by atoms with Crippen molar-refractivity contribution in [3.63, 3.8) is 0 Å². The van der Waals surface area contributed by atoms with Gasteiger partial charge in [-0.3, -0.25) is 4.79 Å². The average Bonchev–Trinajstić information content (AvgIpc) is 3.25. The molecule has 2 aromatic carbocycles. The predicted octanol–water partition coefficient (Wildman–Crippen LogP) is 3.37. The highest BCUT2D eigenvalue weighted by Gasteiger charge is 2.20. The third-order valence-corrected chi connectivity index (χ3v) is 4.97. The molecule has 8 nitrogen and oxygen atoms in total. The molecule has 3 rings (SSSR count). The molecule has 8 heteroatoms. The lowest BCUT2D eigenvalue weighted by Gasteiger charge is -2.19. The molecule has 1 unspecified atom stereocenters. The van der Waals surface area contributed by atoms with Crippen molar-refractivity contribution in [2.24, 2.45) is 7.05 Å². The predicted molar refractivity (Wildman–Crippen MR) is 119 cm³/mol. The SMILES string of the molecule is COc1ccc(C(NC(=O)CCCOc2ccc(C#N)cc2OC)c2nccn2C)cc1. The van der Waals surface area contributed by atoms with E-state index in [4.69, 9.17) is 19.5 Å². The standard InChI is InChI=1S/C24H26N4O4/c1-28-13-12-26-24(28)23(18-7-9-19(30-2)10-8-18)27-22(29)5-4-14-32-20-11-6-17(16-25)15-21(20)31-3/h6-13,15,23H,4-5,14H2,1-3H3,(H,27,29). The summed E-state index contributed by atoms with van der Waals surface area (Å²) in [4.78, 5) is 17.1. The van der Waals surface area contributed by atoms with E-state index in [0.717, 1.165) is 17.1 Å². The molecule has 0 aliphatic heterocycles. The van der Waals surface area contributed by atoms with Crippen molar-refractivity contribution < 1.29 is 19.0 Å². The highest BCUT2D eigenvalue weighted by atomic mass is 16.5. The van der Waals surface area contributed by atoms with Gasteiger partial charge >= 0.3 is 0 Å². The minimum Gasteiger partial charge on any atom is -0.497 e. The second-order valence-electron chi connectivity index (χ2n) is 7.10. The largest absolute Gasteiger partial charge is 0.497 e. The van der Waals surface area contributed by atoms with Crippen LogP contribution < -0.4 is 19.5 Å². The van der Waals surface area contributed by atoms with Gasteiger partial charge in [0, 0.05) is 31.9 Å². The molecule has 0 saturated carbocycles. The summed E-state index contributed by atoms with van der Waals surface area (Å²) >= 11 is 0. The average molecular weight is 434 g/mol. The van der Waals surface area contributed by atoms with Gasteiger partial charge < -0.3 is 24.1 Å². The van der Waals surface area contributed by atoms with E-state index in [1.54, 1.807) is 31.5 Å². The molecule has 3 aromatic rings. The third-order valence-electron chi connectivity index (χ3n) is 4.97. The Morgan fingerprint density at radius 1 is 1.16 bits per heavy atom. The third kappa shape index (κ3) is 5.58. The van der Waals surface area contributed by atoms with Gasteiger partial charge in [0.05, 0.1) is 32.5 Å². The molecule has 0 fully saturated rings. The van der Waals surface area contributed by atoms with Crippen LogP contribution in [-0.4, -0.2) is 36.3 Å². The number of methoxy groups -OCH3 is 2. The minimum atomic E-state index is -0.382. The zero-order valence-electron chi connectivity index (χ0n) is 18.4. The number of rotatable bonds is 10. The Labute approximate surface area is 187 Å². The van der Waals surface area contributed by atoms with Crippen LogP contribution in [0.3, 0.4) is 0 Å². The topological polar surface area (TPSA) is 98.4 Å². The van der Waals surface area contributed by atoms with Crippen LogP contribution in [0.5, 0.6) is 17.2 Å². The fourth-order valence-electron chi connectivity index (χ4n) is 3.25. The van der Waals surface area contributed by atoms with E-state index in [2.05, 4.69) is 16.4 Å². The molecule has 0 spiro atoms. The fourth-order valence-corrected chi connectivity index (χ4v) is 3.25. The molecule has 0 aliphatic rings. The first-order valence-corrected chi connectivity index (χ1v) is 10.2. The number of imidazole rings is 1. The van der Waals surface area contributed by atoms with E-state index in [0.29, 0.717) is 30.1 Å². The van der Waals surface area contributed by atoms with Crippen molar-refractivity contribution in [2.45, 2.75) is 18.9 Å². The van der Waals surface area contributed by atoms with Crippen molar-refractivity contribution in [2.75, 3.05) is 20.8 Å². The molecule has 0 saturated heterocycles. The quantitative estimate of drug-likeness (QED) is 0.491. The molecule has 1 heterocycles. The molecule has 1 amide bonds. The van der Waals surface area contributed by atoms with Crippen LogP contribution in [0.4, 0.5) is 0 Å². The Bertz CT molecular complexity index is 1090. The van der Waals surface area contributed by atoms with Crippen molar-refractivity contribution in [3.8, 4) is 23.3 Å². The van der Waals surface area contributed by atoms with Crippen LogP contribution in [0, 0.1) is 11.3 Å². The number of nitriles is 1. The number of carbonyl (C=O) groups excluding carboxylic acids is 1. The van der Waals surface area contributed by atoms with Gasteiger partial charge in [-0.05, 0) is 36.2 Å². The van der Waals surface area contributed by atoms with E-state index in [1.807, 2.05) is 42.1 Å². The van der Waals surface area contributed by atoms with Crippen molar-refractivity contribution >= 4 is 5.91 Å². The van der Waals surface area contributed by atoms with Gasteiger partial charge in [-0.15, -0.1) is 0 Å². The molecular formula is C24H26N4O4. The fraction of sp³-hybridized carbons (Fsp3) is 0.292. The Hall–Kier alpha value is -3.99. The number of hydrogen-bond acceptors (Lipinski definition) is 6. The molecule has 0 bridgehead atoms. The number of aryl methyl sites for hydroxylation is 1. The highest BCUT2D eigenvalue weighted by molar-refractivity contribution is 5.76. The number of hydrogen-bond donors (Lipinski definition) is 1. The first-order valence-electron chi connectivity index (χ1n) is 10.2. The summed E-state index contributed by atoms with van der Waals surface area (Å²) in [5.74, 6) is 2.40. The molecule has 0 radical (unpaired) electrons. The summed E-state index contributed by atoms with van der Waals surface area (Å²) in [5, 5.41) is 12.1. The maximum Gasteiger partial charge on any atom is 0.220 e. The molecule has 1 aromatic heterocycles. The summed E-state index contributed by atoms with van der Waals surface area (Å²) in [6.07, 6.45) is 4.36. The Balaban J connectivity index is 1.60. The molecule has 1 atom stereocenters. The van der Waals surface area contributed by atoms with Crippen LogP contribution in [0.15, 0.2) is 54.9 Å². The lowest BCUT2D eigenvalue weighted by Crippen LogP contribution is -2.31. The number of aromatic nitrogens is 2. The highest BCUT2D eigenvalue weighted by Crippen LogP contribution is 2.28.